The third-order valence-corrected chi connectivity index (χ3v) is 4.84. The predicted octanol–water partition coefficient (Wildman–Crippen LogP) is 2.74. The fraction of sp³-hybridized carbons (Fsp3) is 0.471. The predicted molar refractivity (Wildman–Crippen MR) is 79.5 cm³/mol. The summed E-state index contributed by atoms with van der Waals surface area (Å²) in [4.78, 5) is 16.8. The van der Waals surface area contributed by atoms with Gasteiger partial charge in [-0.05, 0) is 26.8 Å². The van der Waals surface area contributed by atoms with Crippen molar-refractivity contribution in [2.75, 3.05) is 6.61 Å². The number of ketones is 1. The van der Waals surface area contributed by atoms with Gasteiger partial charge in [-0.1, -0.05) is 18.2 Å². The van der Waals surface area contributed by atoms with Crippen LogP contribution in [0.3, 0.4) is 0 Å². The van der Waals surface area contributed by atoms with Crippen LogP contribution in [0.5, 0.6) is 5.75 Å². The van der Waals surface area contributed by atoms with Gasteiger partial charge in [0.25, 0.3) is 0 Å². The first-order valence-electron chi connectivity index (χ1n) is 7.13. The minimum absolute atomic E-state index is 0.000880. The number of carbonyl (C=O) groups excluding carboxylic acids is 1. The molecule has 2 aliphatic heterocycles. The van der Waals surface area contributed by atoms with Crippen molar-refractivity contribution in [1.29, 1.82) is 5.26 Å². The van der Waals surface area contributed by atoms with Gasteiger partial charge in [-0.2, -0.15) is 5.26 Å². The summed E-state index contributed by atoms with van der Waals surface area (Å²) in [6, 6.07) is 9.92. The van der Waals surface area contributed by atoms with E-state index in [1.807, 2.05) is 38.1 Å². The Balaban J connectivity index is 2.27. The standard InChI is InChI=1S/C17H18N2O2/c1-11(20)17(9-18)10-19-16(2,3)13-8-21-14-7-5-4-6-12(14)15(13)17/h4-7,10,13,15H,8H2,1-3H3. The highest BCUT2D eigenvalue weighted by atomic mass is 16.5. The molecule has 0 amide bonds. The average Bonchev–Trinajstić information content (AvgIpc) is 2.47. The Morgan fingerprint density at radius 2 is 2.14 bits per heavy atom. The molecule has 0 bridgehead atoms. The van der Waals surface area contributed by atoms with Gasteiger partial charge in [0.05, 0.1) is 18.2 Å². The van der Waals surface area contributed by atoms with Gasteiger partial charge in [-0.3, -0.25) is 9.79 Å². The van der Waals surface area contributed by atoms with Crippen molar-refractivity contribution in [2.45, 2.75) is 32.2 Å². The lowest BCUT2D eigenvalue weighted by atomic mass is 9.58. The Bertz CT molecular complexity index is 672. The van der Waals surface area contributed by atoms with E-state index in [0.717, 1.165) is 11.3 Å². The molecule has 3 rings (SSSR count). The van der Waals surface area contributed by atoms with Gasteiger partial charge in [0, 0.05) is 23.6 Å². The molecule has 1 aromatic carbocycles. The fourth-order valence-corrected chi connectivity index (χ4v) is 3.47. The highest BCUT2D eigenvalue weighted by Crippen LogP contribution is 2.53. The molecule has 4 nitrogen and oxygen atoms in total. The molecular weight excluding hydrogens is 264 g/mol. The Labute approximate surface area is 124 Å². The minimum Gasteiger partial charge on any atom is -0.493 e. The van der Waals surface area contributed by atoms with Crippen molar-refractivity contribution in [3.05, 3.63) is 29.8 Å². The first-order chi connectivity index (χ1) is 9.92. The van der Waals surface area contributed by atoms with E-state index in [1.54, 1.807) is 6.21 Å². The number of fused-ring (bicyclic) bond motifs is 3. The van der Waals surface area contributed by atoms with Gasteiger partial charge in [0.1, 0.15) is 5.75 Å². The summed E-state index contributed by atoms with van der Waals surface area (Å²) in [5.74, 6) is 0.403. The Morgan fingerprint density at radius 1 is 1.43 bits per heavy atom. The number of aliphatic imine (C=N–C) groups is 1. The molecule has 0 spiro atoms. The maximum absolute atomic E-state index is 12.3. The minimum atomic E-state index is -1.19. The molecule has 3 atom stereocenters. The number of hydrogen-bond donors (Lipinski definition) is 0. The smallest absolute Gasteiger partial charge is 0.157 e. The number of rotatable bonds is 1. The van der Waals surface area contributed by atoms with E-state index in [9.17, 15) is 10.1 Å². The number of Topliss-reactive ketones (excluding diaryl/α,β-unsaturated/α-hetero) is 1. The summed E-state index contributed by atoms with van der Waals surface area (Å²) in [6.07, 6.45) is 1.57. The molecule has 0 N–H and O–H groups in total. The van der Waals surface area contributed by atoms with Crippen LogP contribution in [0.25, 0.3) is 0 Å². The van der Waals surface area contributed by atoms with Gasteiger partial charge in [-0.15, -0.1) is 0 Å². The van der Waals surface area contributed by atoms with E-state index in [2.05, 4.69) is 11.1 Å². The highest BCUT2D eigenvalue weighted by Gasteiger charge is 2.56. The highest BCUT2D eigenvalue weighted by molar-refractivity contribution is 6.03. The monoisotopic (exact) mass is 282 g/mol. The molecular formula is C17H18N2O2. The van der Waals surface area contributed by atoms with Crippen LogP contribution in [-0.2, 0) is 4.79 Å². The Hall–Kier alpha value is -2.15. The number of hydrogen-bond acceptors (Lipinski definition) is 4. The van der Waals surface area contributed by atoms with Crippen LogP contribution in [0.2, 0.25) is 0 Å². The molecule has 0 aliphatic carbocycles. The molecule has 2 aliphatic rings. The van der Waals surface area contributed by atoms with Crippen LogP contribution < -0.4 is 4.74 Å². The third-order valence-electron chi connectivity index (χ3n) is 4.84. The van der Waals surface area contributed by atoms with Crippen molar-refractivity contribution < 1.29 is 9.53 Å². The Kier molecular flexibility index (Phi) is 2.91. The van der Waals surface area contributed by atoms with Crippen LogP contribution in [0.15, 0.2) is 29.3 Å². The molecule has 2 heterocycles. The van der Waals surface area contributed by atoms with E-state index in [1.165, 1.54) is 6.92 Å². The molecule has 0 fully saturated rings. The van der Waals surface area contributed by atoms with Crippen LogP contribution in [0.4, 0.5) is 0 Å². The van der Waals surface area contributed by atoms with Crippen molar-refractivity contribution in [2.24, 2.45) is 16.3 Å². The lowest BCUT2D eigenvalue weighted by Crippen LogP contribution is -2.53. The number of para-hydroxylation sites is 1. The van der Waals surface area contributed by atoms with Crippen molar-refractivity contribution in [1.82, 2.24) is 0 Å². The van der Waals surface area contributed by atoms with Crippen LogP contribution in [-0.4, -0.2) is 24.1 Å². The fourth-order valence-electron chi connectivity index (χ4n) is 3.47. The second-order valence-corrected chi connectivity index (χ2v) is 6.38. The second kappa shape index (κ2) is 4.42. The number of benzene rings is 1. The van der Waals surface area contributed by atoms with Crippen molar-refractivity contribution in [3.63, 3.8) is 0 Å². The summed E-state index contributed by atoms with van der Waals surface area (Å²) < 4.78 is 5.85. The zero-order chi connectivity index (χ0) is 15.3. The van der Waals surface area contributed by atoms with Gasteiger partial charge < -0.3 is 4.74 Å². The van der Waals surface area contributed by atoms with E-state index in [0.29, 0.717) is 6.61 Å². The summed E-state index contributed by atoms with van der Waals surface area (Å²) in [5.41, 5.74) is -0.613. The number of nitriles is 1. The zero-order valence-electron chi connectivity index (χ0n) is 12.5. The zero-order valence-corrected chi connectivity index (χ0v) is 12.5. The normalized spacial score (nSPS) is 32.3. The maximum Gasteiger partial charge on any atom is 0.157 e. The molecule has 21 heavy (non-hydrogen) atoms. The van der Waals surface area contributed by atoms with E-state index < -0.39 is 5.41 Å². The maximum atomic E-state index is 12.3. The second-order valence-electron chi connectivity index (χ2n) is 6.38. The topological polar surface area (TPSA) is 62.5 Å². The average molecular weight is 282 g/mol. The number of carbonyl (C=O) groups is 1. The molecule has 0 saturated carbocycles. The van der Waals surface area contributed by atoms with Gasteiger partial charge in [0.15, 0.2) is 11.2 Å². The quantitative estimate of drug-likeness (QED) is 0.795. The van der Waals surface area contributed by atoms with E-state index in [-0.39, 0.29) is 23.2 Å². The molecule has 1 aromatic rings. The first-order valence-corrected chi connectivity index (χ1v) is 7.13. The molecule has 0 saturated heterocycles. The van der Waals surface area contributed by atoms with Crippen LogP contribution in [0.1, 0.15) is 32.3 Å². The van der Waals surface area contributed by atoms with Gasteiger partial charge >= 0.3 is 0 Å². The van der Waals surface area contributed by atoms with Crippen molar-refractivity contribution in [3.8, 4) is 11.8 Å². The van der Waals surface area contributed by atoms with Crippen molar-refractivity contribution >= 4 is 12.0 Å². The van der Waals surface area contributed by atoms with Gasteiger partial charge in [-0.25, -0.2) is 0 Å². The lowest BCUT2D eigenvalue weighted by molar-refractivity contribution is -0.123. The summed E-state index contributed by atoms with van der Waals surface area (Å²) in [6.45, 7) is 6.01. The van der Waals surface area contributed by atoms with E-state index in [4.69, 9.17) is 4.74 Å². The summed E-state index contributed by atoms with van der Waals surface area (Å²) in [5, 5.41) is 9.74. The van der Waals surface area contributed by atoms with E-state index >= 15 is 0 Å². The molecule has 4 heteroatoms. The van der Waals surface area contributed by atoms with Crippen LogP contribution in [0, 0.1) is 22.7 Å². The van der Waals surface area contributed by atoms with Gasteiger partial charge in [0.2, 0.25) is 0 Å². The third kappa shape index (κ3) is 1.80. The number of nitrogens with zero attached hydrogens (tertiary/aromatic N) is 2. The van der Waals surface area contributed by atoms with Crippen LogP contribution >= 0.6 is 0 Å². The largest absolute Gasteiger partial charge is 0.493 e. The molecule has 108 valence electrons. The summed E-state index contributed by atoms with van der Waals surface area (Å²) in [7, 11) is 0. The lowest BCUT2D eigenvalue weighted by Gasteiger charge is -2.48. The molecule has 3 unspecified atom stereocenters. The SMILES string of the molecule is CC(=O)C1(C#N)C=NC(C)(C)C2COc3ccccc3C21. The molecule has 0 aromatic heterocycles. The number of ether oxygens (including phenoxy) is 1. The first kappa shape index (κ1) is 13.8. The Morgan fingerprint density at radius 3 is 2.81 bits per heavy atom. The summed E-state index contributed by atoms with van der Waals surface area (Å²) >= 11 is 0. The molecule has 0 radical (unpaired) electrons.